The zero-order valence-corrected chi connectivity index (χ0v) is 20.1. The van der Waals surface area contributed by atoms with Crippen LogP contribution in [-0.4, -0.2) is 51.4 Å². The Hall–Kier alpha value is -3.79. The van der Waals surface area contributed by atoms with E-state index in [1.54, 1.807) is 22.3 Å². The number of piperidine rings is 1. The summed E-state index contributed by atoms with van der Waals surface area (Å²) in [5.74, 6) is -1.24. The summed E-state index contributed by atoms with van der Waals surface area (Å²) in [6.07, 6.45) is 1.95. The lowest BCUT2D eigenvalue weighted by Crippen LogP contribution is -2.38. The Balaban J connectivity index is 1.43. The largest absolute Gasteiger partial charge is 0.502 e. The molecule has 1 saturated heterocycles. The molecule has 0 unspecified atom stereocenters. The van der Waals surface area contributed by atoms with Crippen molar-refractivity contribution in [2.75, 3.05) is 19.6 Å². The van der Waals surface area contributed by atoms with Crippen LogP contribution in [0.4, 0.5) is 5.69 Å². The summed E-state index contributed by atoms with van der Waals surface area (Å²) in [6, 6.07) is 11.6. The molecule has 182 valence electrons. The minimum Gasteiger partial charge on any atom is -0.502 e. The van der Waals surface area contributed by atoms with Crippen molar-refractivity contribution in [3.05, 3.63) is 85.4 Å². The number of nitro groups is 1. The van der Waals surface area contributed by atoms with Crippen LogP contribution in [0, 0.1) is 17.0 Å². The van der Waals surface area contributed by atoms with Gasteiger partial charge in [0, 0.05) is 42.2 Å². The van der Waals surface area contributed by atoms with Gasteiger partial charge in [-0.3, -0.25) is 24.7 Å². The maximum atomic E-state index is 12.9. The van der Waals surface area contributed by atoms with Crippen LogP contribution in [0.25, 0.3) is 0 Å². The highest BCUT2D eigenvalue weighted by Gasteiger charge is 2.30. The van der Waals surface area contributed by atoms with Gasteiger partial charge < -0.3 is 15.3 Å². The number of nitrogens with zero attached hydrogens (tertiary/aromatic N) is 3. The number of thiophene rings is 1. The van der Waals surface area contributed by atoms with Gasteiger partial charge in [-0.05, 0) is 55.8 Å². The number of para-hydroxylation sites is 1. The van der Waals surface area contributed by atoms with E-state index in [-0.39, 0.29) is 17.4 Å². The Morgan fingerprint density at radius 1 is 1.17 bits per heavy atom. The summed E-state index contributed by atoms with van der Waals surface area (Å²) in [5, 5.41) is 26.3. The van der Waals surface area contributed by atoms with Crippen LogP contribution >= 0.6 is 11.3 Å². The molecule has 2 amide bonds. The zero-order valence-electron chi connectivity index (χ0n) is 19.3. The second-order valence-corrected chi connectivity index (χ2v) is 9.50. The number of rotatable bonds is 7. The SMILES string of the molecule is Cc1ccc(C(=O)NCCc2cccs2)c(C2CCN(C(=O)c3cccc([N+](=O)[O-])c3O)CC2)n1. The normalized spacial score (nSPS) is 14.0. The molecule has 1 aliphatic heterocycles. The van der Waals surface area contributed by atoms with Gasteiger partial charge in [0.25, 0.3) is 11.8 Å². The predicted molar refractivity (Wildman–Crippen MR) is 132 cm³/mol. The van der Waals surface area contributed by atoms with Crippen LogP contribution in [0.5, 0.6) is 5.75 Å². The molecule has 0 atom stereocenters. The van der Waals surface area contributed by atoms with E-state index in [2.05, 4.69) is 10.3 Å². The number of pyridine rings is 1. The fourth-order valence-corrected chi connectivity index (χ4v) is 5.02. The molecule has 0 bridgehead atoms. The molecule has 3 aromatic rings. The second kappa shape index (κ2) is 10.6. The number of nitro benzene ring substituents is 1. The third-order valence-corrected chi connectivity index (χ3v) is 7.09. The molecule has 0 radical (unpaired) electrons. The van der Waals surface area contributed by atoms with E-state index in [4.69, 9.17) is 0 Å². The minimum absolute atomic E-state index is 0.00398. The summed E-state index contributed by atoms with van der Waals surface area (Å²) in [7, 11) is 0. The molecule has 1 aliphatic rings. The van der Waals surface area contributed by atoms with Gasteiger partial charge in [0.2, 0.25) is 5.75 Å². The highest BCUT2D eigenvalue weighted by molar-refractivity contribution is 7.09. The fraction of sp³-hybridized carbons (Fsp3) is 0.320. The highest BCUT2D eigenvalue weighted by atomic mass is 32.1. The van der Waals surface area contributed by atoms with Gasteiger partial charge in [0.1, 0.15) is 0 Å². The molecule has 2 aromatic heterocycles. The number of carbonyl (C=O) groups excluding carboxylic acids is 2. The first-order valence-electron chi connectivity index (χ1n) is 11.4. The van der Waals surface area contributed by atoms with Crippen molar-refractivity contribution in [2.45, 2.75) is 32.1 Å². The Labute approximate surface area is 206 Å². The Morgan fingerprint density at radius 3 is 2.63 bits per heavy atom. The fourth-order valence-electron chi connectivity index (χ4n) is 4.31. The lowest BCUT2D eigenvalue weighted by molar-refractivity contribution is -0.385. The van der Waals surface area contributed by atoms with Gasteiger partial charge in [-0.1, -0.05) is 12.1 Å². The summed E-state index contributed by atoms with van der Waals surface area (Å²) in [6.45, 7) is 3.19. The Morgan fingerprint density at radius 2 is 1.94 bits per heavy atom. The first kappa shape index (κ1) is 24.3. The van der Waals surface area contributed by atoms with Crippen LogP contribution in [0.1, 0.15) is 55.7 Å². The third kappa shape index (κ3) is 5.48. The van der Waals surface area contributed by atoms with Crippen LogP contribution in [0.2, 0.25) is 0 Å². The topological polar surface area (TPSA) is 126 Å². The molecule has 0 saturated carbocycles. The number of hydrogen-bond donors (Lipinski definition) is 2. The van der Waals surface area contributed by atoms with Gasteiger partial charge in [-0.2, -0.15) is 0 Å². The number of benzene rings is 1. The number of aromatic nitrogens is 1. The second-order valence-electron chi connectivity index (χ2n) is 8.47. The van der Waals surface area contributed by atoms with E-state index < -0.39 is 22.3 Å². The maximum absolute atomic E-state index is 12.9. The van der Waals surface area contributed by atoms with Crippen LogP contribution in [0.3, 0.4) is 0 Å². The number of nitrogens with one attached hydrogen (secondary N) is 1. The Kier molecular flexibility index (Phi) is 7.40. The smallest absolute Gasteiger partial charge is 0.311 e. The quantitative estimate of drug-likeness (QED) is 0.377. The molecule has 10 heteroatoms. The third-order valence-electron chi connectivity index (χ3n) is 6.16. The molecular formula is C25H26N4O5S. The van der Waals surface area contributed by atoms with Gasteiger partial charge >= 0.3 is 5.69 Å². The van der Waals surface area contributed by atoms with Crippen molar-refractivity contribution in [1.29, 1.82) is 0 Å². The summed E-state index contributed by atoms with van der Waals surface area (Å²) in [5.41, 5.74) is 1.50. The number of aryl methyl sites for hydroxylation is 1. The summed E-state index contributed by atoms with van der Waals surface area (Å²) < 4.78 is 0. The molecule has 1 fully saturated rings. The van der Waals surface area contributed by atoms with Crippen molar-refractivity contribution in [2.24, 2.45) is 0 Å². The van der Waals surface area contributed by atoms with Crippen molar-refractivity contribution in [1.82, 2.24) is 15.2 Å². The number of phenols is 1. The van der Waals surface area contributed by atoms with Gasteiger partial charge in [0.15, 0.2) is 0 Å². The zero-order chi connectivity index (χ0) is 24.9. The van der Waals surface area contributed by atoms with E-state index in [1.165, 1.54) is 17.0 Å². The number of phenolic OH excluding ortho intramolecular Hbond substituents is 1. The number of carbonyl (C=O) groups is 2. The molecule has 2 N–H and O–H groups in total. The summed E-state index contributed by atoms with van der Waals surface area (Å²) in [4.78, 5) is 43.7. The van der Waals surface area contributed by atoms with Gasteiger partial charge in [-0.15, -0.1) is 11.3 Å². The number of amides is 2. The van der Waals surface area contributed by atoms with E-state index in [0.717, 1.165) is 23.9 Å². The molecule has 0 aliphatic carbocycles. The average molecular weight is 495 g/mol. The maximum Gasteiger partial charge on any atom is 0.311 e. The average Bonchev–Trinajstić information content (AvgIpc) is 3.37. The summed E-state index contributed by atoms with van der Waals surface area (Å²) >= 11 is 1.66. The van der Waals surface area contributed by atoms with Crippen molar-refractivity contribution in [3.8, 4) is 5.75 Å². The van der Waals surface area contributed by atoms with E-state index >= 15 is 0 Å². The van der Waals surface area contributed by atoms with Crippen LogP contribution < -0.4 is 5.32 Å². The van der Waals surface area contributed by atoms with Gasteiger partial charge in [-0.25, -0.2) is 0 Å². The molecule has 0 spiro atoms. The molecule has 3 heterocycles. The standard InChI is InChI=1S/C25H26N4O5S/c1-16-7-8-19(24(31)26-12-9-18-4-3-15-35-18)22(27-16)17-10-13-28(14-11-17)25(32)20-5-2-6-21(23(20)30)29(33)34/h2-8,15,17,30H,9-14H2,1H3,(H,26,31). The number of hydrogen-bond acceptors (Lipinski definition) is 7. The van der Waals surface area contributed by atoms with Gasteiger partial charge in [0.05, 0.1) is 21.7 Å². The van der Waals surface area contributed by atoms with Crippen molar-refractivity contribution >= 4 is 28.8 Å². The molecular weight excluding hydrogens is 468 g/mol. The molecule has 4 rings (SSSR count). The Bertz CT molecular complexity index is 1240. The first-order valence-corrected chi connectivity index (χ1v) is 12.3. The van der Waals surface area contributed by atoms with E-state index in [0.29, 0.717) is 38.0 Å². The monoisotopic (exact) mass is 494 g/mol. The molecule has 35 heavy (non-hydrogen) atoms. The van der Waals surface area contributed by atoms with Crippen LogP contribution in [-0.2, 0) is 6.42 Å². The lowest BCUT2D eigenvalue weighted by Gasteiger charge is -2.32. The lowest BCUT2D eigenvalue weighted by atomic mass is 9.89. The molecule has 1 aromatic carbocycles. The van der Waals surface area contributed by atoms with Crippen molar-refractivity contribution in [3.63, 3.8) is 0 Å². The van der Waals surface area contributed by atoms with E-state index in [9.17, 15) is 24.8 Å². The predicted octanol–water partition coefficient (Wildman–Crippen LogP) is 4.06. The molecule has 9 nitrogen and oxygen atoms in total. The number of likely N-dealkylation sites (tertiary alicyclic amines) is 1. The van der Waals surface area contributed by atoms with Crippen LogP contribution in [0.15, 0.2) is 47.8 Å². The highest BCUT2D eigenvalue weighted by Crippen LogP contribution is 2.33. The number of aromatic hydroxyl groups is 1. The van der Waals surface area contributed by atoms with E-state index in [1.807, 2.05) is 30.5 Å². The minimum atomic E-state index is -0.714. The first-order chi connectivity index (χ1) is 16.8. The van der Waals surface area contributed by atoms with Crippen molar-refractivity contribution < 1.29 is 19.6 Å².